The van der Waals surface area contributed by atoms with Crippen molar-refractivity contribution in [2.24, 2.45) is 0 Å². The Hall–Kier alpha value is -3.55. The molecule has 36 heavy (non-hydrogen) atoms. The van der Waals surface area contributed by atoms with Crippen LogP contribution >= 0.6 is 0 Å². The maximum atomic E-state index is 12.4. The monoisotopic (exact) mass is 502 g/mol. The van der Waals surface area contributed by atoms with E-state index in [0.29, 0.717) is 17.8 Å². The zero-order chi connectivity index (χ0) is 28.3. The predicted molar refractivity (Wildman–Crippen MR) is 146 cm³/mol. The summed E-state index contributed by atoms with van der Waals surface area (Å²) in [5.74, 6) is -2.70. The van der Waals surface area contributed by atoms with Crippen LogP contribution in [0.25, 0.3) is 0 Å². The van der Waals surface area contributed by atoms with Gasteiger partial charge < -0.3 is 20.3 Å². The minimum atomic E-state index is -1.36. The molecule has 200 valence electrons. The maximum absolute atomic E-state index is 12.4. The highest BCUT2D eigenvalue weighted by Gasteiger charge is 2.23. The number of aromatic carboxylic acids is 2. The number of carbonyl (C=O) groups excluding carboxylic acids is 1. The summed E-state index contributed by atoms with van der Waals surface area (Å²) >= 11 is 0. The fourth-order valence-corrected chi connectivity index (χ4v) is 2.89. The van der Waals surface area contributed by atoms with Crippen molar-refractivity contribution in [2.45, 2.75) is 86.7 Å². The normalized spacial score (nSPS) is 10.6. The summed E-state index contributed by atoms with van der Waals surface area (Å²) in [4.78, 5) is 35.6. The van der Waals surface area contributed by atoms with E-state index in [0.717, 1.165) is 5.56 Å². The van der Waals surface area contributed by atoms with Crippen molar-refractivity contribution in [2.75, 3.05) is 10.6 Å². The first-order valence-corrected chi connectivity index (χ1v) is 12.3. The third kappa shape index (κ3) is 9.60. The number of hydrogen-bond donors (Lipinski definition) is 4. The van der Waals surface area contributed by atoms with Gasteiger partial charge in [-0.05, 0) is 61.6 Å². The van der Waals surface area contributed by atoms with Crippen molar-refractivity contribution in [3.05, 3.63) is 53.1 Å². The molecule has 0 radical (unpaired) electrons. The van der Waals surface area contributed by atoms with Crippen LogP contribution in [0.4, 0.5) is 21.9 Å². The lowest BCUT2D eigenvalue weighted by molar-refractivity contribution is 0.0461. The van der Waals surface area contributed by atoms with Crippen molar-refractivity contribution >= 4 is 35.1 Å². The molecule has 2 rings (SSSR count). The molecule has 0 aliphatic carbocycles. The Balaban J connectivity index is 0.00000291. The van der Waals surface area contributed by atoms with Gasteiger partial charge in [0.15, 0.2) is 0 Å². The number of rotatable bonds is 7. The van der Waals surface area contributed by atoms with Crippen LogP contribution in [-0.4, -0.2) is 33.8 Å². The molecular weight excluding hydrogens is 460 g/mol. The standard InChI is InChI=1S/C24H30N2O6.2C2H6/c1-7-24(5,6)32-22(31)26-16-12-14(23(2,3)4)11-15(13-16)25-18-10-8-9-17(20(27)28)19(18)21(29)30;2*1-2/h8-13,25H,7H2,1-6H3,(H,26,31)(H,27,28)(H,29,30);2*1-2H3. The molecule has 0 aromatic heterocycles. The van der Waals surface area contributed by atoms with E-state index in [1.54, 1.807) is 6.07 Å². The van der Waals surface area contributed by atoms with Crippen LogP contribution < -0.4 is 10.6 Å². The van der Waals surface area contributed by atoms with E-state index in [-0.39, 0.29) is 22.2 Å². The van der Waals surface area contributed by atoms with Gasteiger partial charge in [0, 0.05) is 11.4 Å². The van der Waals surface area contributed by atoms with Crippen LogP contribution in [0.5, 0.6) is 0 Å². The SMILES string of the molecule is CC.CC.CCC(C)(C)OC(=O)Nc1cc(Nc2cccc(C(=O)O)c2C(=O)O)cc(C(C)(C)C)c1. The largest absolute Gasteiger partial charge is 0.478 e. The number of benzene rings is 2. The molecule has 0 unspecified atom stereocenters. The minimum Gasteiger partial charge on any atom is -0.478 e. The molecule has 0 aliphatic heterocycles. The van der Waals surface area contributed by atoms with Crippen molar-refractivity contribution in [1.82, 2.24) is 0 Å². The van der Waals surface area contributed by atoms with Crippen molar-refractivity contribution in [1.29, 1.82) is 0 Å². The number of carboxylic acid groups (broad SMARTS) is 2. The molecule has 0 heterocycles. The van der Waals surface area contributed by atoms with E-state index in [1.807, 2.05) is 81.4 Å². The average Bonchev–Trinajstić information content (AvgIpc) is 2.80. The number of amides is 1. The van der Waals surface area contributed by atoms with E-state index in [1.165, 1.54) is 18.2 Å². The van der Waals surface area contributed by atoms with Gasteiger partial charge in [0.2, 0.25) is 0 Å². The number of carboxylic acids is 2. The highest BCUT2D eigenvalue weighted by molar-refractivity contribution is 6.06. The Morgan fingerprint density at radius 1 is 0.861 bits per heavy atom. The van der Waals surface area contributed by atoms with Crippen LogP contribution in [0.2, 0.25) is 0 Å². The zero-order valence-electron chi connectivity index (χ0n) is 23.2. The van der Waals surface area contributed by atoms with Gasteiger partial charge >= 0.3 is 18.0 Å². The number of anilines is 3. The van der Waals surface area contributed by atoms with E-state index < -0.39 is 23.6 Å². The van der Waals surface area contributed by atoms with Gasteiger partial charge in [0.1, 0.15) is 5.60 Å². The molecule has 0 saturated heterocycles. The topological polar surface area (TPSA) is 125 Å². The first kappa shape index (κ1) is 32.5. The first-order chi connectivity index (χ1) is 16.7. The van der Waals surface area contributed by atoms with E-state index in [4.69, 9.17) is 4.74 Å². The van der Waals surface area contributed by atoms with Gasteiger partial charge in [-0.15, -0.1) is 0 Å². The number of ether oxygens (including phenoxy) is 1. The fourth-order valence-electron chi connectivity index (χ4n) is 2.89. The Kier molecular flexibility index (Phi) is 12.7. The molecule has 0 aliphatic rings. The van der Waals surface area contributed by atoms with Crippen molar-refractivity contribution in [3.63, 3.8) is 0 Å². The fraction of sp³-hybridized carbons (Fsp3) is 0.464. The van der Waals surface area contributed by atoms with E-state index in [2.05, 4.69) is 10.6 Å². The predicted octanol–water partition coefficient (Wildman–Crippen LogP) is 7.91. The maximum Gasteiger partial charge on any atom is 0.412 e. The Morgan fingerprint density at radius 2 is 1.42 bits per heavy atom. The first-order valence-electron chi connectivity index (χ1n) is 12.3. The lowest BCUT2D eigenvalue weighted by Crippen LogP contribution is -2.29. The molecule has 8 heteroatoms. The molecule has 0 bridgehead atoms. The third-order valence-electron chi connectivity index (χ3n) is 5.05. The third-order valence-corrected chi connectivity index (χ3v) is 5.05. The highest BCUT2D eigenvalue weighted by Crippen LogP contribution is 2.32. The second-order valence-corrected chi connectivity index (χ2v) is 9.14. The Labute approximate surface area is 215 Å². The summed E-state index contributed by atoms with van der Waals surface area (Å²) in [5.41, 5.74) is 0.385. The van der Waals surface area contributed by atoms with Gasteiger partial charge in [-0.1, -0.05) is 61.5 Å². The molecule has 0 spiro atoms. The van der Waals surface area contributed by atoms with Gasteiger partial charge in [-0.3, -0.25) is 5.32 Å². The molecule has 0 fully saturated rings. The summed E-state index contributed by atoms with van der Waals surface area (Å²) in [5, 5.41) is 24.7. The van der Waals surface area contributed by atoms with Crippen LogP contribution in [0, 0.1) is 0 Å². The number of carbonyl (C=O) groups is 3. The highest BCUT2D eigenvalue weighted by atomic mass is 16.6. The minimum absolute atomic E-state index is 0.129. The smallest absolute Gasteiger partial charge is 0.412 e. The summed E-state index contributed by atoms with van der Waals surface area (Å²) in [6.45, 7) is 19.6. The number of nitrogens with one attached hydrogen (secondary N) is 2. The summed E-state index contributed by atoms with van der Waals surface area (Å²) in [6, 6.07) is 9.47. The molecule has 8 nitrogen and oxygen atoms in total. The van der Waals surface area contributed by atoms with Gasteiger partial charge in [0.05, 0.1) is 16.8 Å². The lowest BCUT2D eigenvalue weighted by atomic mass is 9.86. The average molecular weight is 503 g/mol. The Bertz CT molecular complexity index is 1040. The summed E-state index contributed by atoms with van der Waals surface area (Å²) in [6.07, 6.45) is 0.0422. The number of hydrogen-bond acceptors (Lipinski definition) is 5. The van der Waals surface area contributed by atoms with Crippen LogP contribution in [0.1, 0.15) is 102 Å². The quantitative estimate of drug-likeness (QED) is 0.303. The second kappa shape index (κ2) is 14.1. The summed E-state index contributed by atoms with van der Waals surface area (Å²) < 4.78 is 5.45. The Morgan fingerprint density at radius 3 is 1.89 bits per heavy atom. The van der Waals surface area contributed by atoms with Crippen molar-refractivity contribution in [3.8, 4) is 0 Å². The second-order valence-electron chi connectivity index (χ2n) is 9.14. The molecule has 2 aromatic carbocycles. The van der Waals surface area contributed by atoms with E-state index >= 15 is 0 Å². The van der Waals surface area contributed by atoms with Gasteiger partial charge in [0.25, 0.3) is 0 Å². The van der Waals surface area contributed by atoms with Crippen LogP contribution in [-0.2, 0) is 10.2 Å². The van der Waals surface area contributed by atoms with Gasteiger partial charge in [-0.25, -0.2) is 14.4 Å². The molecule has 2 aromatic rings. The van der Waals surface area contributed by atoms with Crippen LogP contribution in [0.3, 0.4) is 0 Å². The molecule has 0 atom stereocenters. The molecule has 1 amide bonds. The lowest BCUT2D eigenvalue weighted by Gasteiger charge is -2.25. The molecular formula is C28H42N2O6. The van der Waals surface area contributed by atoms with Gasteiger partial charge in [-0.2, -0.15) is 0 Å². The van der Waals surface area contributed by atoms with Crippen molar-refractivity contribution < 1.29 is 29.3 Å². The summed E-state index contributed by atoms with van der Waals surface area (Å²) in [7, 11) is 0. The molecule has 4 N–H and O–H groups in total. The van der Waals surface area contributed by atoms with E-state index in [9.17, 15) is 24.6 Å². The van der Waals surface area contributed by atoms with Crippen LogP contribution in [0.15, 0.2) is 36.4 Å². The molecule has 0 saturated carbocycles. The zero-order valence-corrected chi connectivity index (χ0v) is 23.2.